The number of hydrogen-bond donors (Lipinski definition) is 2. The molecule has 3 atom stereocenters. The molecule has 1 aliphatic heterocycles. The molecule has 2 N–H and O–H groups in total. The first-order valence-corrected chi connectivity index (χ1v) is 12.0. The number of aryl methyl sites for hydroxylation is 2. The Kier molecular flexibility index (Phi) is 7.39. The third-order valence-electron chi connectivity index (χ3n) is 6.32. The number of imidazole rings is 1. The van der Waals surface area contributed by atoms with Gasteiger partial charge in [-0.2, -0.15) is 0 Å². The summed E-state index contributed by atoms with van der Waals surface area (Å²) in [5.41, 5.74) is 4.24. The van der Waals surface area contributed by atoms with Gasteiger partial charge in [0, 0.05) is 43.4 Å². The molecule has 0 radical (unpaired) electrons. The molecule has 0 aliphatic carbocycles. The maximum Gasteiger partial charge on any atom is 0.326 e. The molecule has 2 aromatic heterocycles. The van der Waals surface area contributed by atoms with Crippen molar-refractivity contribution >= 4 is 17.0 Å². The summed E-state index contributed by atoms with van der Waals surface area (Å²) in [5, 5.41) is 13.3. The number of hydrogen-bond acceptors (Lipinski definition) is 7. The molecule has 1 aromatic carbocycles. The maximum atomic E-state index is 12.6. The number of ether oxygens (including phenoxy) is 2. The van der Waals surface area contributed by atoms with E-state index in [1.807, 2.05) is 30.5 Å². The van der Waals surface area contributed by atoms with Gasteiger partial charge >= 0.3 is 5.97 Å². The Hall–Kier alpha value is -3.01. The zero-order valence-electron chi connectivity index (χ0n) is 20.9. The second kappa shape index (κ2) is 10.3. The van der Waals surface area contributed by atoms with Crippen LogP contribution in [0.5, 0.6) is 0 Å². The Morgan fingerprint density at radius 2 is 2.09 bits per heavy atom. The van der Waals surface area contributed by atoms with Crippen LogP contribution in [-0.4, -0.2) is 56.7 Å². The second-order valence-electron chi connectivity index (χ2n) is 9.57. The minimum absolute atomic E-state index is 0.0269. The zero-order chi connectivity index (χ0) is 25.3. The van der Waals surface area contributed by atoms with E-state index in [2.05, 4.69) is 23.7 Å². The highest BCUT2D eigenvalue weighted by atomic mass is 16.6. The highest BCUT2D eigenvalue weighted by Crippen LogP contribution is 2.29. The molecule has 4 rings (SSSR count). The van der Waals surface area contributed by atoms with Crippen molar-refractivity contribution in [3.05, 3.63) is 51.9 Å². The average Bonchev–Trinajstić information content (AvgIpc) is 3.44. The third-order valence-corrected chi connectivity index (χ3v) is 6.32. The van der Waals surface area contributed by atoms with Crippen molar-refractivity contribution in [2.24, 2.45) is 7.05 Å². The number of aromatic nitrogens is 3. The lowest BCUT2D eigenvalue weighted by molar-refractivity contribution is -0.154. The molecule has 9 nitrogen and oxygen atoms in total. The molecule has 0 saturated carbocycles. The molecule has 188 valence electrons. The number of pyridine rings is 1. The average molecular weight is 483 g/mol. The molecule has 0 unspecified atom stereocenters. The fourth-order valence-corrected chi connectivity index (χ4v) is 4.50. The van der Waals surface area contributed by atoms with Gasteiger partial charge in [-0.05, 0) is 51.5 Å². The lowest BCUT2D eigenvalue weighted by Crippen LogP contribution is -2.46. The molecule has 0 bridgehead atoms. The summed E-state index contributed by atoms with van der Waals surface area (Å²) in [5.74, 6) is 0.316. The minimum Gasteiger partial charge on any atom is -0.459 e. The molecule has 1 aliphatic rings. The summed E-state index contributed by atoms with van der Waals surface area (Å²) >= 11 is 0. The Morgan fingerprint density at radius 3 is 2.71 bits per heavy atom. The Balaban J connectivity index is 1.59. The molecule has 3 aromatic rings. The highest BCUT2D eigenvalue weighted by Gasteiger charge is 2.29. The van der Waals surface area contributed by atoms with E-state index in [0.717, 1.165) is 28.0 Å². The summed E-state index contributed by atoms with van der Waals surface area (Å²) in [6.07, 6.45) is 1.31. The van der Waals surface area contributed by atoms with Crippen LogP contribution in [0.15, 0.2) is 35.3 Å². The van der Waals surface area contributed by atoms with Gasteiger partial charge in [0.05, 0.1) is 30.4 Å². The van der Waals surface area contributed by atoms with Gasteiger partial charge in [0.15, 0.2) is 0 Å². The predicted molar refractivity (Wildman–Crippen MR) is 133 cm³/mol. The quantitative estimate of drug-likeness (QED) is 0.475. The molecule has 9 heteroatoms. The van der Waals surface area contributed by atoms with Crippen molar-refractivity contribution in [3.8, 4) is 11.4 Å². The lowest BCUT2D eigenvalue weighted by Gasteiger charge is -2.22. The molecule has 35 heavy (non-hydrogen) atoms. The van der Waals surface area contributed by atoms with E-state index in [4.69, 9.17) is 14.5 Å². The van der Waals surface area contributed by atoms with Crippen LogP contribution in [0, 0.1) is 6.92 Å². The number of esters is 1. The van der Waals surface area contributed by atoms with Crippen molar-refractivity contribution in [3.63, 3.8) is 0 Å². The standard InChI is InChI=1S/C26H34N4O5/c1-15(2)30-22-7-6-18(12-27-23(17(4)31)26(33)35-20-8-9-34-14-20)11-21(22)28-24(30)19-10-16(3)25(32)29(5)13-19/h6-7,10-11,13,15,17,20,23,27,31H,8-9,12,14H2,1-5H3/t17-,20+,23+/m1/s1. The highest BCUT2D eigenvalue weighted by molar-refractivity contribution is 5.81. The molecule has 0 spiro atoms. The number of nitrogens with zero attached hydrogens (tertiary/aromatic N) is 3. The topological polar surface area (TPSA) is 108 Å². The van der Waals surface area contributed by atoms with E-state index >= 15 is 0 Å². The molecule has 0 amide bonds. The summed E-state index contributed by atoms with van der Waals surface area (Å²) in [7, 11) is 1.74. The van der Waals surface area contributed by atoms with Crippen LogP contribution in [0.2, 0.25) is 0 Å². The van der Waals surface area contributed by atoms with Crippen molar-refractivity contribution in [1.82, 2.24) is 19.4 Å². The van der Waals surface area contributed by atoms with Crippen molar-refractivity contribution in [2.75, 3.05) is 13.2 Å². The van der Waals surface area contributed by atoms with Gasteiger partial charge in [-0.25, -0.2) is 4.98 Å². The number of carbonyl (C=O) groups excluding carboxylic acids is 1. The van der Waals surface area contributed by atoms with Crippen molar-refractivity contribution < 1.29 is 19.4 Å². The van der Waals surface area contributed by atoms with Crippen molar-refractivity contribution in [2.45, 2.75) is 65.0 Å². The zero-order valence-corrected chi connectivity index (χ0v) is 20.9. The van der Waals surface area contributed by atoms with E-state index in [9.17, 15) is 14.7 Å². The summed E-state index contributed by atoms with van der Waals surface area (Å²) in [4.78, 5) is 29.7. The number of benzene rings is 1. The van der Waals surface area contributed by atoms with Gasteiger partial charge in [0.1, 0.15) is 18.0 Å². The molecular formula is C26H34N4O5. The fourth-order valence-electron chi connectivity index (χ4n) is 4.50. The molecular weight excluding hydrogens is 448 g/mol. The van der Waals surface area contributed by atoms with E-state index in [1.54, 1.807) is 25.5 Å². The van der Waals surface area contributed by atoms with Crippen LogP contribution in [0.1, 0.15) is 44.4 Å². The van der Waals surface area contributed by atoms with Crippen LogP contribution < -0.4 is 10.9 Å². The van der Waals surface area contributed by atoms with E-state index < -0.39 is 18.1 Å². The molecule has 3 heterocycles. The third kappa shape index (κ3) is 5.32. The second-order valence-corrected chi connectivity index (χ2v) is 9.57. The van der Waals surface area contributed by atoms with Crippen LogP contribution in [-0.2, 0) is 27.9 Å². The monoisotopic (exact) mass is 482 g/mol. The smallest absolute Gasteiger partial charge is 0.326 e. The Labute approximate surface area is 204 Å². The Bertz CT molecular complexity index is 1240. The molecule has 1 fully saturated rings. The van der Waals surface area contributed by atoms with Crippen molar-refractivity contribution in [1.29, 1.82) is 0 Å². The van der Waals surface area contributed by atoms with Crippen LogP contribution in [0.3, 0.4) is 0 Å². The minimum atomic E-state index is -0.909. The summed E-state index contributed by atoms with van der Waals surface area (Å²) in [6, 6.07) is 7.17. The number of nitrogens with one attached hydrogen (secondary N) is 1. The van der Waals surface area contributed by atoms with Crippen LogP contribution in [0.25, 0.3) is 22.4 Å². The van der Waals surface area contributed by atoms with Crippen LogP contribution in [0.4, 0.5) is 0 Å². The Morgan fingerprint density at radius 1 is 1.31 bits per heavy atom. The first kappa shape index (κ1) is 25.1. The molecule has 1 saturated heterocycles. The predicted octanol–water partition coefficient (Wildman–Crippen LogP) is 2.46. The van der Waals surface area contributed by atoms with Gasteiger partial charge in [-0.15, -0.1) is 0 Å². The first-order chi connectivity index (χ1) is 16.7. The SMILES string of the molecule is Cc1cc(-c2nc3cc(CN[C@H](C(=O)O[C@H]4CCOC4)[C@@H](C)O)ccc3n2C(C)C)cn(C)c1=O. The van der Waals surface area contributed by atoms with E-state index in [1.165, 1.54) is 0 Å². The maximum absolute atomic E-state index is 12.6. The van der Waals surface area contributed by atoms with Gasteiger partial charge in [0.2, 0.25) is 0 Å². The van der Waals surface area contributed by atoms with Gasteiger partial charge in [-0.3, -0.25) is 14.9 Å². The van der Waals surface area contributed by atoms with E-state index in [0.29, 0.717) is 31.7 Å². The first-order valence-electron chi connectivity index (χ1n) is 12.0. The van der Waals surface area contributed by atoms with Crippen LogP contribution >= 0.6 is 0 Å². The number of fused-ring (bicyclic) bond motifs is 1. The number of aliphatic hydroxyl groups is 1. The number of aliphatic hydroxyl groups excluding tert-OH is 1. The lowest BCUT2D eigenvalue weighted by atomic mass is 10.1. The van der Waals surface area contributed by atoms with Gasteiger partial charge < -0.3 is 23.7 Å². The normalized spacial score (nSPS) is 17.7. The fraction of sp³-hybridized carbons (Fsp3) is 0.500. The summed E-state index contributed by atoms with van der Waals surface area (Å²) in [6.45, 7) is 8.91. The van der Waals surface area contributed by atoms with Gasteiger partial charge in [-0.1, -0.05) is 6.07 Å². The van der Waals surface area contributed by atoms with E-state index in [-0.39, 0.29) is 17.7 Å². The number of rotatable bonds is 8. The summed E-state index contributed by atoms with van der Waals surface area (Å²) < 4.78 is 14.5. The number of carbonyl (C=O) groups is 1. The largest absolute Gasteiger partial charge is 0.459 e. The van der Waals surface area contributed by atoms with Gasteiger partial charge in [0.25, 0.3) is 5.56 Å².